The lowest BCUT2D eigenvalue weighted by atomic mass is 10.0. The summed E-state index contributed by atoms with van der Waals surface area (Å²) in [5.74, 6) is -1.03. The molecule has 1 amide bonds. The van der Waals surface area contributed by atoms with E-state index in [1.165, 1.54) is 17.7 Å². The smallest absolute Gasteiger partial charge is 0.238 e. The Morgan fingerprint density at radius 3 is 2.29 bits per heavy atom. The van der Waals surface area contributed by atoms with Crippen molar-refractivity contribution < 1.29 is 13.6 Å². The molecule has 0 saturated carbocycles. The number of hydrogen-bond acceptors (Lipinski definition) is 2. The fraction of sp³-hybridized carbons (Fsp3) is 0.316. The highest BCUT2D eigenvalue weighted by Gasteiger charge is 2.13. The first kappa shape index (κ1) is 18.1. The zero-order chi connectivity index (χ0) is 17.7. The van der Waals surface area contributed by atoms with Crippen LogP contribution in [0.5, 0.6) is 0 Å². The first-order chi connectivity index (χ1) is 11.4. The summed E-state index contributed by atoms with van der Waals surface area (Å²) < 4.78 is 26.6. The zero-order valence-electron chi connectivity index (χ0n) is 14.1. The predicted molar refractivity (Wildman–Crippen MR) is 91.9 cm³/mol. The van der Waals surface area contributed by atoms with Gasteiger partial charge in [0.05, 0.1) is 6.54 Å². The van der Waals surface area contributed by atoms with Crippen LogP contribution in [0.3, 0.4) is 0 Å². The molecule has 0 saturated heterocycles. The number of amides is 1. The number of halogens is 2. The molecule has 3 nitrogen and oxygen atoms in total. The SMILES string of the molecule is CC(C)c1ccc(NC(=O)CN[C@H](C)c2ccc(F)cc2F)cc1. The monoisotopic (exact) mass is 332 g/mol. The van der Waals surface area contributed by atoms with Crippen molar-refractivity contribution >= 4 is 11.6 Å². The standard InChI is InChI=1S/C19H22F2N2O/c1-12(2)14-4-7-16(8-5-14)23-19(24)11-22-13(3)17-9-6-15(20)10-18(17)21/h4-10,12-13,22H,11H2,1-3H3,(H,23,24)/t13-/m1/s1. The Kier molecular flexibility index (Phi) is 6.04. The third-order valence-electron chi connectivity index (χ3n) is 3.86. The van der Waals surface area contributed by atoms with Crippen LogP contribution in [0.15, 0.2) is 42.5 Å². The molecule has 2 N–H and O–H groups in total. The minimum atomic E-state index is -0.625. The lowest BCUT2D eigenvalue weighted by Gasteiger charge is -2.15. The first-order valence-corrected chi connectivity index (χ1v) is 7.95. The molecule has 2 aromatic rings. The van der Waals surface area contributed by atoms with Crippen molar-refractivity contribution in [1.82, 2.24) is 5.32 Å². The van der Waals surface area contributed by atoms with Crippen LogP contribution in [0.25, 0.3) is 0 Å². The molecule has 0 fully saturated rings. The fourth-order valence-electron chi connectivity index (χ4n) is 2.36. The van der Waals surface area contributed by atoms with Gasteiger partial charge < -0.3 is 10.6 Å². The minimum absolute atomic E-state index is 0.0317. The van der Waals surface area contributed by atoms with Gasteiger partial charge in [-0.25, -0.2) is 8.78 Å². The molecular weight excluding hydrogens is 310 g/mol. The Bertz CT molecular complexity index is 699. The van der Waals surface area contributed by atoms with Gasteiger partial charge in [0.25, 0.3) is 0 Å². The number of carbonyl (C=O) groups excluding carboxylic acids is 1. The summed E-state index contributed by atoms with van der Waals surface area (Å²) in [6.45, 7) is 5.96. The average molecular weight is 332 g/mol. The third kappa shape index (κ3) is 4.86. The maximum Gasteiger partial charge on any atom is 0.238 e. The van der Waals surface area contributed by atoms with Crippen molar-refractivity contribution in [1.29, 1.82) is 0 Å². The summed E-state index contributed by atoms with van der Waals surface area (Å²) in [4.78, 5) is 12.0. The largest absolute Gasteiger partial charge is 0.325 e. The molecule has 0 unspecified atom stereocenters. The van der Waals surface area contributed by atoms with E-state index in [4.69, 9.17) is 0 Å². The van der Waals surface area contributed by atoms with Crippen LogP contribution >= 0.6 is 0 Å². The summed E-state index contributed by atoms with van der Waals surface area (Å²) in [6.07, 6.45) is 0. The normalized spacial score (nSPS) is 12.2. The molecule has 1 atom stereocenters. The highest BCUT2D eigenvalue weighted by Crippen LogP contribution is 2.18. The Morgan fingerprint density at radius 2 is 1.71 bits per heavy atom. The molecular formula is C19H22F2N2O. The fourth-order valence-corrected chi connectivity index (χ4v) is 2.36. The molecule has 24 heavy (non-hydrogen) atoms. The Balaban J connectivity index is 1.88. The van der Waals surface area contributed by atoms with Gasteiger partial charge in [0, 0.05) is 23.4 Å². The molecule has 0 aliphatic heterocycles. The van der Waals surface area contributed by atoms with Crippen molar-refractivity contribution in [2.45, 2.75) is 32.7 Å². The molecule has 0 heterocycles. The lowest BCUT2D eigenvalue weighted by Crippen LogP contribution is -2.30. The van der Waals surface area contributed by atoms with Crippen LogP contribution in [0.4, 0.5) is 14.5 Å². The van der Waals surface area contributed by atoms with Gasteiger partial charge in [-0.3, -0.25) is 4.79 Å². The molecule has 2 aromatic carbocycles. The van der Waals surface area contributed by atoms with Gasteiger partial charge in [-0.15, -0.1) is 0 Å². The Hall–Kier alpha value is -2.27. The number of benzene rings is 2. The van der Waals surface area contributed by atoms with E-state index in [1.54, 1.807) is 6.92 Å². The summed E-state index contributed by atoms with van der Waals surface area (Å²) in [6, 6.07) is 10.7. The highest BCUT2D eigenvalue weighted by atomic mass is 19.1. The quantitative estimate of drug-likeness (QED) is 0.824. The second kappa shape index (κ2) is 8.02. The third-order valence-corrected chi connectivity index (χ3v) is 3.86. The van der Waals surface area contributed by atoms with Crippen LogP contribution in [0.2, 0.25) is 0 Å². The van der Waals surface area contributed by atoms with Gasteiger partial charge in [0.2, 0.25) is 5.91 Å². The second-order valence-corrected chi connectivity index (χ2v) is 6.09. The van der Waals surface area contributed by atoms with E-state index in [0.29, 0.717) is 17.2 Å². The predicted octanol–water partition coefficient (Wildman–Crippen LogP) is 4.38. The lowest BCUT2D eigenvalue weighted by molar-refractivity contribution is -0.115. The number of rotatable bonds is 6. The van der Waals surface area contributed by atoms with E-state index in [2.05, 4.69) is 24.5 Å². The number of carbonyl (C=O) groups is 1. The average Bonchev–Trinajstić information content (AvgIpc) is 2.53. The number of nitrogens with one attached hydrogen (secondary N) is 2. The second-order valence-electron chi connectivity index (χ2n) is 6.09. The van der Waals surface area contributed by atoms with Gasteiger partial charge in [-0.2, -0.15) is 0 Å². The van der Waals surface area contributed by atoms with Crippen molar-refractivity contribution in [3.05, 3.63) is 65.2 Å². The van der Waals surface area contributed by atoms with Crippen LogP contribution in [-0.4, -0.2) is 12.5 Å². The molecule has 128 valence electrons. The number of hydrogen-bond donors (Lipinski definition) is 2. The van der Waals surface area contributed by atoms with E-state index in [9.17, 15) is 13.6 Å². The molecule has 0 radical (unpaired) electrons. The highest BCUT2D eigenvalue weighted by molar-refractivity contribution is 5.92. The summed E-state index contributed by atoms with van der Waals surface area (Å²) in [5.41, 5.74) is 2.24. The summed E-state index contributed by atoms with van der Waals surface area (Å²) in [7, 11) is 0. The van der Waals surface area contributed by atoms with Gasteiger partial charge >= 0.3 is 0 Å². The van der Waals surface area contributed by atoms with Crippen LogP contribution < -0.4 is 10.6 Å². The van der Waals surface area contributed by atoms with Crippen molar-refractivity contribution in [3.8, 4) is 0 Å². The van der Waals surface area contributed by atoms with Crippen molar-refractivity contribution in [2.75, 3.05) is 11.9 Å². The van der Waals surface area contributed by atoms with Gasteiger partial charge in [-0.05, 0) is 36.6 Å². The molecule has 0 bridgehead atoms. The number of anilines is 1. The van der Waals surface area contributed by atoms with Crippen LogP contribution in [0.1, 0.15) is 43.9 Å². The van der Waals surface area contributed by atoms with Gasteiger partial charge in [0.15, 0.2) is 0 Å². The van der Waals surface area contributed by atoms with E-state index in [0.717, 1.165) is 6.07 Å². The first-order valence-electron chi connectivity index (χ1n) is 7.95. The van der Waals surface area contributed by atoms with Crippen molar-refractivity contribution in [3.63, 3.8) is 0 Å². The molecule has 0 spiro atoms. The topological polar surface area (TPSA) is 41.1 Å². The van der Waals surface area contributed by atoms with Crippen LogP contribution in [-0.2, 0) is 4.79 Å². The van der Waals surface area contributed by atoms with E-state index in [-0.39, 0.29) is 12.5 Å². The molecule has 0 aliphatic rings. The van der Waals surface area contributed by atoms with E-state index in [1.807, 2.05) is 24.3 Å². The molecule has 0 aliphatic carbocycles. The maximum atomic E-state index is 13.7. The minimum Gasteiger partial charge on any atom is -0.325 e. The Labute approximate surface area is 141 Å². The van der Waals surface area contributed by atoms with E-state index >= 15 is 0 Å². The zero-order valence-corrected chi connectivity index (χ0v) is 14.1. The molecule has 5 heteroatoms. The summed E-state index contributed by atoms with van der Waals surface area (Å²) >= 11 is 0. The Morgan fingerprint density at radius 1 is 1.04 bits per heavy atom. The van der Waals surface area contributed by atoms with Crippen molar-refractivity contribution in [2.24, 2.45) is 0 Å². The van der Waals surface area contributed by atoms with Crippen LogP contribution in [0, 0.1) is 11.6 Å². The molecule has 0 aromatic heterocycles. The van der Waals surface area contributed by atoms with E-state index < -0.39 is 17.7 Å². The maximum absolute atomic E-state index is 13.7. The van der Waals surface area contributed by atoms with Gasteiger partial charge in [-0.1, -0.05) is 32.0 Å². The van der Waals surface area contributed by atoms with Gasteiger partial charge in [0.1, 0.15) is 11.6 Å². The summed E-state index contributed by atoms with van der Waals surface area (Å²) in [5, 5.41) is 5.72. The molecule has 2 rings (SSSR count).